The summed E-state index contributed by atoms with van der Waals surface area (Å²) in [7, 11) is 3.08. The van der Waals surface area contributed by atoms with Crippen LogP contribution in [0.3, 0.4) is 0 Å². The Morgan fingerprint density at radius 1 is 1.00 bits per heavy atom. The van der Waals surface area contributed by atoms with Crippen molar-refractivity contribution in [1.82, 2.24) is 5.43 Å². The van der Waals surface area contributed by atoms with E-state index in [4.69, 9.17) is 18.9 Å². The van der Waals surface area contributed by atoms with Crippen molar-refractivity contribution in [3.05, 3.63) is 80.7 Å². The molecule has 178 valence electrons. The van der Waals surface area contributed by atoms with Gasteiger partial charge in [0.1, 0.15) is 12.4 Å². The third kappa shape index (κ3) is 6.60. The predicted molar refractivity (Wildman–Crippen MR) is 136 cm³/mol. The zero-order chi connectivity index (χ0) is 24.5. The molecule has 9 heteroatoms. The lowest BCUT2D eigenvalue weighted by Gasteiger charge is -2.13. The molecule has 0 radical (unpaired) electrons. The maximum Gasteiger partial charge on any atom is 0.271 e. The lowest BCUT2D eigenvalue weighted by molar-refractivity contribution is 0.0954. The molecular weight excluding hydrogens is 554 g/mol. The van der Waals surface area contributed by atoms with Gasteiger partial charge in [-0.3, -0.25) is 4.79 Å². The average molecular weight is 578 g/mol. The summed E-state index contributed by atoms with van der Waals surface area (Å²) in [5.74, 6) is 1.42. The van der Waals surface area contributed by atoms with Gasteiger partial charge in [-0.05, 0) is 83.1 Å². The van der Waals surface area contributed by atoms with E-state index in [0.29, 0.717) is 40.7 Å². The number of hydrogen-bond acceptors (Lipinski definition) is 6. The molecule has 34 heavy (non-hydrogen) atoms. The van der Waals surface area contributed by atoms with Crippen molar-refractivity contribution in [1.29, 1.82) is 0 Å². The number of halogens is 2. The largest absolute Gasteiger partial charge is 0.493 e. The van der Waals surface area contributed by atoms with Gasteiger partial charge in [0.15, 0.2) is 23.0 Å². The van der Waals surface area contributed by atoms with Crippen LogP contribution in [-0.2, 0) is 6.61 Å². The van der Waals surface area contributed by atoms with Gasteiger partial charge in [-0.2, -0.15) is 5.10 Å². The van der Waals surface area contributed by atoms with Crippen LogP contribution in [0.5, 0.6) is 23.0 Å². The van der Waals surface area contributed by atoms with Crippen LogP contribution in [-0.4, -0.2) is 32.9 Å². The Morgan fingerprint density at radius 2 is 1.74 bits per heavy atom. The summed E-state index contributed by atoms with van der Waals surface area (Å²) in [5, 5.41) is 4.05. The van der Waals surface area contributed by atoms with E-state index in [9.17, 15) is 9.18 Å². The van der Waals surface area contributed by atoms with E-state index in [1.807, 2.05) is 13.0 Å². The van der Waals surface area contributed by atoms with Crippen molar-refractivity contribution in [2.45, 2.75) is 13.5 Å². The second kappa shape index (κ2) is 12.2. The molecule has 0 spiro atoms. The summed E-state index contributed by atoms with van der Waals surface area (Å²) >= 11 is 2.14. The number of nitrogens with zero attached hydrogens (tertiary/aromatic N) is 1. The third-order valence-corrected chi connectivity index (χ3v) is 5.45. The molecule has 0 unspecified atom stereocenters. The first-order chi connectivity index (χ1) is 16.4. The molecule has 0 heterocycles. The molecule has 0 fully saturated rings. The van der Waals surface area contributed by atoms with E-state index in [-0.39, 0.29) is 18.3 Å². The van der Waals surface area contributed by atoms with Gasteiger partial charge >= 0.3 is 0 Å². The molecule has 3 aromatic rings. The van der Waals surface area contributed by atoms with Crippen LogP contribution >= 0.6 is 22.6 Å². The molecule has 0 saturated heterocycles. The van der Waals surface area contributed by atoms with Gasteiger partial charge in [0.05, 0.1) is 30.6 Å². The van der Waals surface area contributed by atoms with Crippen LogP contribution in [0, 0.1) is 9.39 Å². The summed E-state index contributed by atoms with van der Waals surface area (Å²) in [6.45, 7) is 2.57. The van der Waals surface area contributed by atoms with Gasteiger partial charge < -0.3 is 18.9 Å². The summed E-state index contributed by atoms with van der Waals surface area (Å²) in [6.07, 6.45) is 1.51. The predicted octanol–water partition coefficient (Wildman–Crippen LogP) is 5.19. The number of amides is 1. The SMILES string of the molecule is CCOc1cc(C(=O)N/N=C/c2cc(I)c(OCc3ccc(F)cc3)c(OC)c2)ccc1OC. The zero-order valence-electron chi connectivity index (χ0n) is 18.9. The first-order valence-corrected chi connectivity index (χ1v) is 11.4. The Kier molecular flexibility index (Phi) is 9.08. The van der Waals surface area contributed by atoms with Gasteiger partial charge in [0.25, 0.3) is 5.91 Å². The van der Waals surface area contributed by atoms with E-state index in [2.05, 4.69) is 33.1 Å². The summed E-state index contributed by atoms with van der Waals surface area (Å²) in [4.78, 5) is 12.5. The molecule has 3 aromatic carbocycles. The maximum atomic E-state index is 13.1. The van der Waals surface area contributed by atoms with E-state index >= 15 is 0 Å². The smallest absolute Gasteiger partial charge is 0.271 e. The molecule has 7 nitrogen and oxygen atoms in total. The highest BCUT2D eigenvalue weighted by Gasteiger charge is 2.13. The molecule has 3 rings (SSSR count). The van der Waals surface area contributed by atoms with Crippen molar-refractivity contribution in [3.8, 4) is 23.0 Å². The standard InChI is InChI=1S/C25H24FIN2O5/c1-4-33-22-13-18(7-10-21(22)31-2)25(30)29-28-14-17-11-20(27)24(23(12-17)32-3)34-15-16-5-8-19(26)9-6-16/h5-14H,4,15H2,1-3H3,(H,29,30)/b28-14+. The van der Waals surface area contributed by atoms with Crippen LogP contribution < -0.4 is 24.4 Å². The lowest BCUT2D eigenvalue weighted by Crippen LogP contribution is -2.17. The zero-order valence-corrected chi connectivity index (χ0v) is 21.1. The molecule has 0 aliphatic rings. The van der Waals surface area contributed by atoms with Crippen molar-refractivity contribution in [3.63, 3.8) is 0 Å². The highest BCUT2D eigenvalue weighted by molar-refractivity contribution is 14.1. The van der Waals surface area contributed by atoms with Gasteiger partial charge in [-0.1, -0.05) is 12.1 Å². The van der Waals surface area contributed by atoms with Gasteiger partial charge in [-0.25, -0.2) is 9.82 Å². The lowest BCUT2D eigenvalue weighted by atomic mass is 10.2. The van der Waals surface area contributed by atoms with Crippen molar-refractivity contribution in [2.75, 3.05) is 20.8 Å². The minimum Gasteiger partial charge on any atom is -0.493 e. The van der Waals surface area contributed by atoms with E-state index in [1.54, 1.807) is 43.5 Å². The molecule has 1 amide bonds. The highest BCUT2D eigenvalue weighted by Crippen LogP contribution is 2.34. The van der Waals surface area contributed by atoms with Crippen molar-refractivity contribution < 1.29 is 28.1 Å². The topological polar surface area (TPSA) is 78.4 Å². The molecule has 0 aliphatic heterocycles. The number of rotatable bonds is 10. The van der Waals surface area contributed by atoms with E-state index in [0.717, 1.165) is 9.13 Å². The summed E-state index contributed by atoms with van der Waals surface area (Å²) in [6, 6.07) is 14.6. The highest BCUT2D eigenvalue weighted by atomic mass is 127. The fourth-order valence-electron chi connectivity index (χ4n) is 3.01. The fraction of sp³-hybridized carbons (Fsp3) is 0.200. The minimum atomic E-state index is -0.388. The molecule has 0 aromatic heterocycles. The molecule has 0 aliphatic carbocycles. The molecular formula is C25H24FIN2O5. The molecule has 0 atom stereocenters. The van der Waals surface area contributed by atoms with Gasteiger partial charge in [-0.15, -0.1) is 0 Å². The van der Waals surface area contributed by atoms with E-state index < -0.39 is 0 Å². The summed E-state index contributed by atoms with van der Waals surface area (Å²) in [5.41, 5.74) is 4.43. The van der Waals surface area contributed by atoms with Crippen LogP contribution in [0.1, 0.15) is 28.4 Å². The second-order valence-electron chi connectivity index (χ2n) is 6.95. The second-order valence-corrected chi connectivity index (χ2v) is 8.11. The average Bonchev–Trinajstić information content (AvgIpc) is 2.84. The Hall–Kier alpha value is -3.34. The van der Waals surface area contributed by atoms with Gasteiger partial charge in [0, 0.05) is 5.56 Å². The number of ether oxygens (including phenoxy) is 4. The number of carbonyl (C=O) groups excluding carboxylic acids is 1. The van der Waals surface area contributed by atoms with Crippen LogP contribution in [0.4, 0.5) is 4.39 Å². The fourth-order valence-corrected chi connectivity index (χ4v) is 3.79. The van der Waals surface area contributed by atoms with Crippen LogP contribution in [0.25, 0.3) is 0 Å². The molecule has 0 saturated carbocycles. The molecule has 1 N–H and O–H groups in total. The first-order valence-electron chi connectivity index (χ1n) is 10.3. The van der Waals surface area contributed by atoms with Crippen LogP contribution in [0.15, 0.2) is 59.7 Å². The number of hydrazone groups is 1. The Balaban J connectivity index is 1.68. The number of methoxy groups -OCH3 is 2. The number of nitrogens with one attached hydrogen (secondary N) is 1. The third-order valence-electron chi connectivity index (χ3n) is 4.65. The number of hydrogen-bond donors (Lipinski definition) is 1. The molecule has 0 bridgehead atoms. The number of benzene rings is 3. The Morgan fingerprint density at radius 3 is 2.41 bits per heavy atom. The van der Waals surface area contributed by atoms with Gasteiger partial charge in [0.2, 0.25) is 0 Å². The Bertz CT molecular complexity index is 1170. The van der Waals surface area contributed by atoms with Crippen molar-refractivity contribution >= 4 is 34.7 Å². The van der Waals surface area contributed by atoms with E-state index in [1.165, 1.54) is 25.5 Å². The van der Waals surface area contributed by atoms with Crippen molar-refractivity contribution in [2.24, 2.45) is 5.10 Å². The minimum absolute atomic E-state index is 0.266. The normalized spacial score (nSPS) is 10.7. The quantitative estimate of drug-likeness (QED) is 0.204. The Labute approximate surface area is 211 Å². The number of carbonyl (C=O) groups is 1. The summed E-state index contributed by atoms with van der Waals surface area (Å²) < 4.78 is 36.0. The first kappa shape index (κ1) is 25.3. The van der Waals surface area contributed by atoms with Crippen LogP contribution in [0.2, 0.25) is 0 Å². The maximum absolute atomic E-state index is 13.1. The monoisotopic (exact) mass is 578 g/mol.